The number of carbonyl (C=O) groups excluding carboxylic acids is 1. The predicted molar refractivity (Wildman–Crippen MR) is 107 cm³/mol. The Morgan fingerprint density at radius 2 is 2.09 bits per heavy atom. The topological polar surface area (TPSA) is 135 Å². The molecule has 3 aromatic rings. The van der Waals surface area contributed by atoms with Gasteiger partial charge in [-0.05, 0) is 11.9 Å². The molecule has 0 radical (unpaired) electrons. The number of ether oxygens (including phenoxy) is 1. The highest BCUT2D eigenvalue weighted by Crippen LogP contribution is 2.26. The molecule has 32 heavy (non-hydrogen) atoms. The third-order valence-electron chi connectivity index (χ3n) is 4.75. The number of hydrogen-bond donors (Lipinski definition) is 3. The number of amides is 1. The van der Waals surface area contributed by atoms with Gasteiger partial charge in [-0.15, -0.1) is 0 Å². The lowest BCUT2D eigenvalue weighted by Crippen LogP contribution is -2.42. The van der Waals surface area contributed by atoms with Gasteiger partial charge in [0.25, 0.3) is 12.0 Å². The van der Waals surface area contributed by atoms with E-state index in [4.69, 9.17) is 4.74 Å². The molecule has 0 spiro atoms. The summed E-state index contributed by atoms with van der Waals surface area (Å²) in [6, 6.07) is -1.01. The van der Waals surface area contributed by atoms with E-state index in [1.807, 2.05) is 10.2 Å². The molecule has 0 saturated carbocycles. The Kier molecular flexibility index (Phi) is 6.03. The van der Waals surface area contributed by atoms with Crippen molar-refractivity contribution in [3.8, 4) is 11.4 Å². The number of morpholine rings is 1. The maximum atomic E-state index is 12.4. The first-order valence-electron chi connectivity index (χ1n) is 9.83. The summed E-state index contributed by atoms with van der Waals surface area (Å²) in [7, 11) is 0. The van der Waals surface area contributed by atoms with Crippen molar-refractivity contribution < 1.29 is 27.7 Å². The summed E-state index contributed by atoms with van der Waals surface area (Å²) in [5.41, 5.74) is 1.28. The summed E-state index contributed by atoms with van der Waals surface area (Å²) >= 11 is 0. The van der Waals surface area contributed by atoms with Gasteiger partial charge < -0.3 is 25.3 Å². The summed E-state index contributed by atoms with van der Waals surface area (Å²) < 4.78 is 42.6. The molecule has 1 atom stereocenters. The second-order valence-corrected chi connectivity index (χ2v) is 7.11. The zero-order valence-corrected chi connectivity index (χ0v) is 17.0. The molecule has 1 aliphatic heterocycles. The van der Waals surface area contributed by atoms with Crippen molar-refractivity contribution in [2.45, 2.75) is 19.1 Å². The maximum absolute atomic E-state index is 12.4. The molecule has 4 N–H and O–H groups in total. The third kappa shape index (κ3) is 5.01. The number of nitrogens with one attached hydrogen (secondary N) is 4. The Morgan fingerprint density at radius 3 is 2.84 bits per heavy atom. The van der Waals surface area contributed by atoms with Crippen molar-refractivity contribution in [2.75, 3.05) is 43.1 Å². The molecule has 0 bridgehead atoms. The highest BCUT2D eigenvalue weighted by atomic mass is 19.4. The molecule has 1 amide bonds. The van der Waals surface area contributed by atoms with E-state index in [-0.39, 0.29) is 5.95 Å². The maximum Gasteiger partial charge on any atom is 0.405 e. The Bertz CT molecular complexity index is 1100. The van der Waals surface area contributed by atoms with Crippen molar-refractivity contribution in [2.24, 2.45) is 0 Å². The van der Waals surface area contributed by atoms with Crippen molar-refractivity contribution in [3.05, 3.63) is 18.7 Å². The van der Waals surface area contributed by atoms with Crippen molar-refractivity contribution in [3.63, 3.8) is 0 Å². The van der Waals surface area contributed by atoms with Gasteiger partial charge >= 0.3 is 6.18 Å². The molecule has 0 aromatic carbocycles. The van der Waals surface area contributed by atoms with Crippen molar-refractivity contribution >= 4 is 28.8 Å². The minimum Gasteiger partial charge on any atom is -0.378 e. The second kappa shape index (κ2) is 8.90. The van der Waals surface area contributed by atoms with E-state index in [1.165, 1.54) is 13.3 Å². The summed E-state index contributed by atoms with van der Waals surface area (Å²) in [5, 5.41) is 5.36. The number of H-pyrrole nitrogens is 2. The van der Waals surface area contributed by atoms with Gasteiger partial charge in [-0.1, -0.05) is 0 Å². The monoisotopic (exact) mass is 452 g/mol. The number of aromatic amines is 2. The first-order chi connectivity index (χ1) is 15.3. The van der Waals surface area contributed by atoms with Crippen LogP contribution in [0.5, 0.6) is 0 Å². The molecule has 11 nitrogen and oxygen atoms in total. The molecule has 0 unspecified atom stereocenters. The van der Waals surface area contributed by atoms with Crippen LogP contribution in [0.15, 0.2) is 18.7 Å². The number of carbonyl (C=O) groups is 1. The summed E-state index contributed by atoms with van der Waals surface area (Å²) in [6.07, 6.45) is 0.475. The van der Waals surface area contributed by atoms with Gasteiger partial charge in [0.1, 0.15) is 18.8 Å². The van der Waals surface area contributed by atoms with Crippen LogP contribution in [0.3, 0.4) is 0 Å². The molecule has 170 valence electrons. The highest BCUT2D eigenvalue weighted by molar-refractivity contribution is 5.90. The number of fused-ring (bicyclic) bond motifs is 1. The van der Waals surface area contributed by atoms with Gasteiger partial charge in [0.2, 0.25) is 17.8 Å². The SMILES string of the molecule is C[C@H](Nc1nc(-c2c[nH]c3nc[nH+]cc23)nc(N2CCOCC2)n1)C(=O)NCC(F)(F)F. The van der Waals surface area contributed by atoms with Gasteiger partial charge in [0.05, 0.1) is 24.2 Å². The van der Waals surface area contributed by atoms with Crippen LogP contribution < -0.4 is 20.5 Å². The quantitative estimate of drug-likeness (QED) is 0.493. The van der Waals surface area contributed by atoms with Gasteiger partial charge in [-0.3, -0.25) is 4.79 Å². The number of nitrogens with zero attached hydrogens (tertiary/aromatic N) is 5. The first kappa shape index (κ1) is 21.7. The van der Waals surface area contributed by atoms with Gasteiger partial charge in [0.15, 0.2) is 5.82 Å². The molecule has 3 aromatic heterocycles. The zero-order chi connectivity index (χ0) is 22.7. The number of hydrogen-bond acceptors (Lipinski definition) is 8. The lowest BCUT2D eigenvalue weighted by molar-refractivity contribution is -0.380. The standard InChI is InChI=1S/C18H20F3N9O2/c1-10(15(31)24-8-18(19,20)21)26-16-27-14(12-7-23-13-11(12)6-22-9-25-13)28-17(29-16)30-2-4-32-5-3-30/h6-7,9-10H,2-5,8H2,1H3,(H,24,31)(H,22,23,25)(H,26,27,28,29)/p+1/t10-/m0/s1. The molecule has 0 aliphatic carbocycles. The lowest BCUT2D eigenvalue weighted by atomic mass is 10.2. The minimum absolute atomic E-state index is 0.0633. The Labute approximate surface area is 179 Å². The number of anilines is 2. The third-order valence-corrected chi connectivity index (χ3v) is 4.75. The van der Waals surface area contributed by atoms with E-state index in [9.17, 15) is 18.0 Å². The Morgan fingerprint density at radius 1 is 1.31 bits per heavy atom. The fraction of sp³-hybridized carbons (Fsp3) is 0.444. The molecule has 1 fully saturated rings. The van der Waals surface area contributed by atoms with Crippen LogP contribution >= 0.6 is 0 Å². The number of alkyl halides is 3. The zero-order valence-electron chi connectivity index (χ0n) is 17.0. The van der Waals surface area contributed by atoms with E-state index < -0.39 is 24.7 Å². The molecule has 4 heterocycles. The van der Waals surface area contributed by atoms with Crippen LogP contribution in [-0.4, -0.2) is 75.9 Å². The predicted octanol–water partition coefficient (Wildman–Crippen LogP) is 0.544. The largest absolute Gasteiger partial charge is 0.405 e. The molecule has 1 saturated heterocycles. The lowest BCUT2D eigenvalue weighted by Gasteiger charge is -2.27. The molecular weight excluding hydrogens is 431 g/mol. The van der Waals surface area contributed by atoms with Crippen LogP contribution in [0, 0.1) is 0 Å². The number of rotatable bonds is 6. The summed E-state index contributed by atoms with van der Waals surface area (Å²) in [4.78, 5) is 37.5. The minimum atomic E-state index is -4.50. The van der Waals surface area contributed by atoms with Crippen LogP contribution in [0.2, 0.25) is 0 Å². The van der Waals surface area contributed by atoms with Crippen LogP contribution in [0.1, 0.15) is 6.92 Å². The second-order valence-electron chi connectivity index (χ2n) is 7.11. The first-order valence-corrected chi connectivity index (χ1v) is 9.83. The van der Waals surface area contributed by atoms with Gasteiger partial charge in [0, 0.05) is 19.3 Å². The average molecular weight is 452 g/mol. The van der Waals surface area contributed by atoms with Crippen LogP contribution in [-0.2, 0) is 9.53 Å². The van der Waals surface area contributed by atoms with Gasteiger partial charge in [-0.25, -0.2) is 4.98 Å². The van der Waals surface area contributed by atoms with E-state index >= 15 is 0 Å². The Hall–Kier alpha value is -3.55. The van der Waals surface area contributed by atoms with Crippen molar-refractivity contribution in [1.82, 2.24) is 30.2 Å². The molecule has 14 heteroatoms. The summed E-state index contributed by atoms with van der Waals surface area (Å²) in [5.74, 6) is -0.0815. The highest BCUT2D eigenvalue weighted by Gasteiger charge is 2.29. The fourth-order valence-electron chi connectivity index (χ4n) is 3.14. The average Bonchev–Trinajstić information content (AvgIpc) is 3.21. The van der Waals surface area contributed by atoms with E-state index in [2.05, 4.69) is 35.2 Å². The fourth-order valence-corrected chi connectivity index (χ4v) is 3.14. The van der Waals surface area contributed by atoms with E-state index in [0.29, 0.717) is 49.3 Å². The normalized spacial score (nSPS) is 15.6. The van der Waals surface area contributed by atoms with E-state index in [1.54, 1.807) is 12.4 Å². The Balaban J connectivity index is 1.64. The molecular formula is C18H21F3N9O2+. The van der Waals surface area contributed by atoms with Crippen LogP contribution in [0.25, 0.3) is 22.4 Å². The summed E-state index contributed by atoms with van der Waals surface area (Å²) in [6.45, 7) is 2.14. The molecule has 1 aliphatic rings. The van der Waals surface area contributed by atoms with Crippen molar-refractivity contribution in [1.29, 1.82) is 0 Å². The van der Waals surface area contributed by atoms with Crippen LogP contribution in [0.4, 0.5) is 25.1 Å². The number of halogens is 3. The van der Waals surface area contributed by atoms with E-state index in [0.717, 1.165) is 5.39 Å². The number of aromatic nitrogens is 6. The molecule has 4 rings (SSSR count). The smallest absolute Gasteiger partial charge is 0.378 e. The van der Waals surface area contributed by atoms with Gasteiger partial charge in [-0.2, -0.15) is 28.1 Å².